The number of halogens is 2. The summed E-state index contributed by atoms with van der Waals surface area (Å²) in [6.07, 6.45) is 4.38. The Morgan fingerprint density at radius 2 is 2.10 bits per heavy atom. The molecule has 0 fully saturated rings. The molecular weight excluding hydrogens is 293 g/mol. The molecule has 20 heavy (non-hydrogen) atoms. The molecule has 2 aromatic rings. The molecule has 1 N–H and O–H groups in total. The summed E-state index contributed by atoms with van der Waals surface area (Å²) >= 11 is 12.2. The predicted molar refractivity (Wildman–Crippen MR) is 85.7 cm³/mol. The molecule has 2 aromatic heterocycles. The van der Waals surface area contributed by atoms with E-state index < -0.39 is 0 Å². The maximum Gasteiger partial charge on any atom is 0.132 e. The van der Waals surface area contributed by atoms with Crippen LogP contribution in [-0.2, 0) is 0 Å². The van der Waals surface area contributed by atoms with Crippen LogP contribution in [0.2, 0.25) is 5.02 Å². The first kappa shape index (κ1) is 14.8. The minimum atomic E-state index is 0.624. The Kier molecular flexibility index (Phi) is 4.99. The zero-order chi connectivity index (χ0) is 14.5. The molecule has 0 aliphatic carbocycles. The van der Waals surface area contributed by atoms with Crippen molar-refractivity contribution in [3.63, 3.8) is 0 Å². The molecule has 0 saturated carbocycles. The molecule has 0 saturated heterocycles. The summed E-state index contributed by atoms with van der Waals surface area (Å²) in [5, 5.41) is 6.29. The quantitative estimate of drug-likeness (QED) is 0.944. The third-order valence-corrected chi connectivity index (χ3v) is 3.46. The lowest BCUT2D eigenvalue weighted by Gasteiger charge is -2.05. The smallest absolute Gasteiger partial charge is 0.132 e. The number of hydrogen-bond acceptors (Lipinski definition) is 3. The number of nitrogens with zero attached hydrogens (tertiary/aromatic N) is 2. The largest absolute Gasteiger partial charge is 0.325 e. The molecule has 0 aliphatic rings. The number of pyridine rings is 2. The number of nitrogens with one attached hydrogen (secondary N) is 1. The van der Waals surface area contributed by atoms with Crippen LogP contribution in [0.15, 0.2) is 30.5 Å². The van der Waals surface area contributed by atoms with E-state index in [1.165, 1.54) is 0 Å². The standard InChI is InChI=1S/C15H15Cl2N3/c1-3-10-5-6-13(20-15(10)12(17)4-2)19-14-9-11(16)7-8-18-14/h3,5-9H,4H2,1-2H3,(H,18,19,20)/b10-3-,15-12-. The highest BCUT2D eigenvalue weighted by Crippen LogP contribution is 2.15. The van der Waals surface area contributed by atoms with E-state index in [-0.39, 0.29) is 0 Å². The number of hydrogen-bond donors (Lipinski definition) is 1. The lowest BCUT2D eigenvalue weighted by molar-refractivity contribution is 1.16. The second-order valence-electron chi connectivity index (χ2n) is 4.17. The van der Waals surface area contributed by atoms with Crippen molar-refractivity contribution in [1.29, 1.82) is 0 Å². The molecule has 2 heterocycles. The highest BCUT2D eigenvalue weighted by molar-refractivity contribution is 6.44. The highest BCUT2D eigenvalue weighted by Gasteiger charge is 2.01. The van der Waals surface area contributed by atoms with Crippen LogP contribution in [0, 0.1) is 0 Å². The normalized spacial score (nSPS) is 13.3. The molecule has 0 unspecified atom stereocenters. The maximum atomic E-state index is 6.24. The topological polar surface area (TPSA) is 37.8 Å². The van der Waals surface area contributed by atoms with E-state index in [2.05, 4.69) is 15.3 Å². The fourth-order valence-corrected chi connectivity index (χ4v) is 2.07. The van der Waals surface area contributed by atoms with Gasteiger partial charge in [-0.25, -0.2) is 9.97 Å². The molecule has 3 nitrogen and oxygen atoms in total. The fourth-order valence-electron chi connectivity index (χ4n) is 1.76. The van der Waals surface area contributed by atoms with Crippen LogP contribution >= 0.6 is 23.2 Å². The number of anilines is 2. The Bertz CT molecular complexity index is 726. The van der Waals surface area contributed by atoms with E-state index in [0.29, 0.717) is 16.7 Å². The molecule has 0 aromatic carbocycles. The Balaban J connectivity index is 2.45. The summed E-state index contributed by atoms with van der Waals surface area (Å²) in [7, 11) is 0. The Hall–Kier alpha value is -1.58. The zero-order valence-corrected chi connectivity index (χ0v) is 12.8. The van der Waals surface area contributed by atoms with E-state index in [1.54, 1.807) is 18.3 Å². The summed E-state index contributed by atoms with van der Waals surface area (Å²) < 4.78 is 0. The van der Waals surface area contributed by atoms with E-state index in [1.807, 2.05) is 32.1 Å². The molecular formula is C15H15Cl2N3. The first-order chi connectivity index (χ1) is 9.63. The van der Waals surface area contributed by atoms with Gasteiger partial charge in [0.1, 0.15) is 11.6 Å². The van der Waals surface area contributed by atoms with Gasteiger partial charge in [-0.05, 0) is 42.8 Å². The van der Waals surface area contributed by atoms with Gasteiger partial charge in [-0.15, -0.1) is 0 Å². The number of rotatable bonds is 3. The van der Waals surface area contributed by atoms with Gasteiger partial charge in [-0.2, -0.15) is 0 Å². The summed E-state index contributed by atoms with van der Waals surface area (Å²) in [5.74, 6) is 1.34. The average Bonchev–Trinajstić information content (AvgIpc) is 2.46. The van der Waals surface area contributed by atoms with Gasteiger partial charge >= 0.3 is 0 Å². The Morgan fingerprint density at radius 3 is 2.75 bits per heavy atom. The lowest BCUT2D eigenvalue weighted by Crippen LogP contribution is -2.29. The molecule has 2 rings (SSSR count). The van der Waals surface area contributed by atoms with Crippen molar-refractivity contribution in [1.82, 2.24) is 9.97 Å². The molecule has 0 radical (unpaired) electrons. The lowest BCUT2D eigenvalue weighted by atomic mass is 10.3. The predicted octanol–water partition coefficient (Wildman–Crippen LogP) is 3.43. The van der Waals surface area contributed by atoms with Gasteiger partial charge in [0, 0.05) is 16.3 Å². The van der Waals surface area contributed by atoms with Crippen LogP contribution in [0.1, 0.15) is 20.3 Å². The molecule has 0 amide bonds. The third-order valence-electron chi connectivity index (χ3n) is 2.78. The van der Waals surface area contributed by atoms with Crippen LogP contribution in [0.3, 0.4) is 0 Å². The minimum absolute atomic E-state index is 0.624. The maximum absolute atomic E-state index is 6.24. The second-order valence-corrected chi connectivity index (χ2v) is 5.06. The van der Waals surface area contributed by atoms with Crippen molar-refractivity contribution in [2.75, 3.05) is 5.32 Å². The van der Waals surface area contributed by atoms with E-state index in [9.17, 15) is 0 Å². The fraction of sp³-hybridized carbons (Fsp3) is 0.200. The molecule has 0 spiro atoms. The summed E-state index contributed by atoms with van der Waals surface area (Å²) in [4.78, 5) is 8.73. The van der Waals surface area contributed by atoms with Crippen LogP contribution < -0.4 is 15.9 Å². The van der Waals surface area contributed by atoms with Crippen LogP contribution in [0.25, 0.3) is 11.1 Å². The third kappa shape index (κ3) is 3.50. The van der Waals surface area contributed by atoms with E-state index in [4.69, 9.17) is 23.2 Å². The van der Waals surface area contributed by atoms with Gasteiger partial charge in [0.25, 0.3) is 0 Å². The molecule has 5 heteroatoms. The SMILES string of the molecule is C/C=c1/ccc(Nc2cc(Cl)ccn2)n/c1=C(\Cl)CC. The van der Waals surface area contributed by atoms with Crippen molar-refractivity contribution in [2.45, 2.75) is 20.3 Å². The molecule has 0 aliphatic heterocycles. The Labute approximate surface area is 128 Å². The van der Waals surface area contributed by atoms with Gasteiger partial charge in [0.2, 0.25) is 0 Å². The van der Waals surface area contributed by atoms with Crippen LogP contribution in [-0.4, -0.2) is 9.97 Å². The molecule has 0 atom stereocenters. The van der Waals surface area contributed by atoms with Gasteiger partial charge in [-0.3, -0.25) is 0 Å². The van der Waals surface area contributed by atoms with Gasteiger partial charge < -0.3 is 5.32 Å². The van der Waals surface area contributed by atoms with Crippen molar-refractivity contribution in [3.05, 3.63) is 46.1 Å². The first-order valence-electron chi connectivity index (χ1n) is 6.34. The first-order valence-corrected chi connectivity index (χ1v) is 7.10. The Morgan fingerprint density at radius 1 is 1.30 bits per heavy atom. The number of aromatic nitrogens is 2. The average molecular weight is 308 g/mol. The summed E-state index contributed by atoms with van der Waals surface area (Å²) in [6, 6.07) is 7.34. The van der Waals surface area contributed by atoms with Crippen LogP contribution in [0.4, 0.5) is 11.6 Å². The van der Waals surface area contributed by atoms with Gasteiger partial charge in [0.15, 0.2) is 0 Å². The minimum Gasteiger partial charge on any atom is -0.325 e. The van der Waals surface area contributed by atoms with Crippen molar-refractivity contribution < 1.29 is 0 Å². The van der Waals surface area contributed by atoms with Crippen molar-refractivity contribution >= 4 is 45.9 Å². The van der Waals surface area contributed by atoms with E-state index in [0.717, 1.165) is 22.0 Å². The summed E-state index contributed by atoms with van der Waals surface area (Å²) in [6.45, 7) is 3.97. The van der Waals surface area contributed by atoms with Gasteiger partial charge in [-0.1, -0.05) is 36.2 Å². The second kappa shape index (κ2) is 6.73. The zero-order valence-electron chi connectivity index (χ0n) is 11.3. The van der Waals surface area contributed by atoms with E-state index >= 15 is 0 Å². The molecule has 104 valence electrons. The van der Waals surface area contributed by atoms with Crippen LogP contribution in [0.5, 0.6) is 0 Å². The highest BCUT2D eigenvalue weighted by atomic mass is 35.5. The van der Waals surface area contributed by atoms with Crippen molar-refractivity contribution in [2.24, 2.45) is 0 Å². The van der Waals surface area contributed by atoms with Gasteiger partial charge in [0.05, 0.1) is 5.35 Å². The summed E-state index contributed by atoms with van der Waals surface area (Å²) in [5.41, 5.74) is 0. The molecule has 0 bridgehead atoms. The monoisotopic (exact) mass is 307 g/mol. The van der Waals surface area contributed by atoms with Crippen molar-refractivity contribution in [3.8, 4) is 0 Å².